The van der Waals surface area contributed by atoms with E-state index in [4.69, 9.17) is 37.7 Å². The molecule has 14 heteroatoms. The average molecular weight is 693 g/mol. The molecular weight excluding hydrogens is 657 g/mol. The fourth-order valence-corrected chi connectivity index (χ4v) is 5.80. The summed E-state index contributed by atoms with van der Waals surface area (Å²) in [5.74, 6) is 1.05. The van der Waals surface area contributed by atoms with E-state index in [1.807, 2.05) is 30.3 Å². The number of fused-ring (bicyclic) bond motifs is 1. The van der Waals surface area contributed by atoms with E-state index in [2.05, 4.69) is 27.5 Å². The molecule has 0 saturated carbocycles. The molecule has 1 unspecified atom stereocenters. The van der Waals surface area contributed by atoms with Crippen LogP contribution in [0.2, 0.25) is 10.0 Å². The van der Waals surface area contributed by atoms with Crippen LogP contribution in [0.3, 0.4) is 0 Å². The predicted molar refractivity (Wildman–Crippen MR) is 187 cm³/mol. The fourth-order valence-electron chi connectivity index (χ4n) is 5.10. The molecular formula is C34H35Cl2N7O5. The predicted octanol–water partition coefficient (Wildman–Crippen LogP) is 6.63. The lowest BCUT2D eigenvalue weighted by molar-refractivity contribution is -0.115. The second-order valence-corrected chi connectivity index (χ2v) is 11.5. The number of anilines is 5. The molecule has 0 aliphatic carbocycles. The molecule has 12 nitrogen and oxygen atoms in total. The van der Waals surface area contributed by atoms with E-state index in [9.17, 15) is 14.7 Å². The summed E-state index contributed by atoms with van der Waals surface area (Å²) in [4.78, 5) is 38.9. The molecule has 1 atom stereocenters. The van der Waals surface area contributed by atoms with Gasteiger partial charge in [-0.15, -0.1) is 0 Å². The van der Waals surface area contributed by atoms with Crippen LogP contribution in [0, 0.1) is 0 Å². The molecule has 0 bridgehead atoms. The van der Waals surface area contributed by atoms with E-state index in [-0.39, 0.29) is 52.2 Å². The molecule has 4 N–H and O–H groups in total. The number of urea groups is 1. The van der Waals surface area contributed by atoms with Crippen molar-refractivity contribution >= 4 is 64.0 Å². The first-order chi connectivity index (χ1) is 23.2. The first kappa shape index (κ1) is 34.5. The Morgan fingerprint density at radius 2 is 1.83 bits per heavy atom. The van der Waals surface area contributed by atoms with Crippen molar-refractivity contribution in [1.29, 1.82) is 0 Å². The van der Waals surface area contributed by atoms with Gasteiger partial charge < -0.3 is 25.2 Å². The first-order valence-corrected chi connectivity index (χ1v) is 15.8. The van der Waals surface area contributed by atoms with Crippen molar-refractivity contribution in [2.24, 2.45) is 0 Å². The molecule has 1 aliphatic rings. The number of benzene rings is 3. The van der Waals surface area contributed by atoms with Crippen LogP contribution >= 0.6 is 23.2 Å². The first-order valence-electron chi connectivity index (χ1n) is 15.0. The summed E-state index contributed by atoms with van der Waals surface area (Å²) in [6.45, 7) is 5.84. The lowest BCUT2D eigenvalue weighted by Gasteiger charge is -2.37. The number of carbonyl (C=O) groups is 2. The molecule has 3 aromatic carbocycles. The van der Waals surface area contributed by atoms with E-state index < -0.39 is 12.3 Å². The van der Waals surface area contributed by atoms with Crippen molar-refractivity contribution in [3.8, 4) is 11.5 Å². The smallest absolute Gasteiger partial charge is 0.330 e. The number of rotatable bonds is 13. The number of ether oxygens (including phenoxy) is 2. The number of nitrogens with zero attached hydrogens (tertiary/aromatic N) is 4. The normalized spacial score (nSPS) is 13.1. The SMILES string of the molecule is C=CC(O)NCc1ccccc1Nc1ncc2c(n1)N(Cc1cccc(NC(=O)CC)c1)C(=O)N(c1c(Cl)c(OC)cc(OC)c1Cl)C2. The number of methoxy groups -OCH3 is 2. The van der Waals surface area contributed by atoms with Crippen LogP contribution in [0.15, 0.2) is 73.4 Å². The van der Waals surface area contributed by atoms with Crippen LogP contribution < -0.4 is 35.2 Å². The van der Waals surface area contributed by atoms with Crippen molar-refractivity contribution in [3.05, 3.63) is 100 Å². The second-order valence-electron chi connectivity index (χ2n) is 10.7. The molecule has 0 radical (unpaired) electrons. The Hall–Kier alpha value is -4.88. The number of halogens is 2. The van der Waals surface area contributed by atoms with E-state index in [1.54, 1.807) is 37.4 Å². The van der Waals surface area contributed by atoms with Gasteiger partial charge in [-0.3, -0.25) is 19.9 Å². The quantitative estimate of drug-likeness (QED) is 0.0897. The van der Waals surface area contributed by atoms with Gasteiger partial charge in [0.25, 0.3) is 0 Å². The van der Waals surface area contributed by atoms with E-state index in [0.717, 1.165) is 11.1 Å². The summed E-state index contributed by atoms with van der Waals surface area (Å²) < 4.78 is 10.9. The highest BCUT2D eigenvalue weighted by atomic mass is 35.5. The maximum Gasteiger partial charge on any atom is 0.330 e. The van der Waals surface area contributed by atoms with Crippen LogP contribution in [-0.2, 0) is 24.4 Å². The number of hydrogen-bond acceptors (Lipinski definition) is 9. The van der Waals surface area contributed by atoms with Crippen LogP contribution in [0.4, 0.5) is 33.6 Å². The minimum atomic E-state index is -0.874. The van der Waals surface area contributed by atoms with Gasteiger partial charge in [-0.2, -0.15) is 4.98 Å². The molecule has 250 valence electrons. The average Bonchev–Trinajstić information content (AvgIpc) is 3.09. The van der Waals surface area contributed by atoms with Gasteiger partial charge in [0, 0.05) is 42.2 Å². The molecule has 0 fully saturated rings. The van der Waals surface area contributed by atoms with E-state index in [0.29, 0.717) is 35.7 Å². The van der Waals surface area contributed by atoms with Gasteiger partial charge in [-0.1, -0.05) is 67.0 Å². The molecule has 0 spiro atoms. The molecule has 48 heavy (non-hydrogen) atoms. The van der Waals surface area contributed by atoms with Crippen LogP contribution in [0.1, 0.15) is 30.0 Å². The van der Waals surface area contributed by atoms with Gasteiger partial charge in [0.2, 0.25) is 11.9 Å². The highest BCUT2D eigenvalue weighted by Crippen LogP contribution is 2.48. The Bertz CT molecular complexity index is 1810. The molecule has 2 heterocycles. The van der Waals surface area contributed by atoms with Gasteiger partial charge >= 0.3 is 6.03 Å². The zero-order chi connectivity index (χ0) is 34.4. The number of amides is 3. The van der Waals surface area contributed by atoms with Gasteiger partial charge in [0.05, 0.1) is 33.0 Å². The molecule has 4 aromatic rings. The summed E-state index contributed by atoms with van der Waals surface area (Å²) in [7, 11) is 2.92. The summed E-state index contributed by atoms with van der Waals surface area (Å²) in [5.41, 5.74) is 3.72. The van der Waals surface area contributed by atoms with Crippen molar-refractivity contribution in [3.63, 3.8) is 0 Å². The molecule has 1 aromatic heterocycles. The third-order valence-corrected chi connectivity index (χ3v) is 8.30. The highest BCUT2D eigenvalue weighted by molar-refractivity contribution is 6.42. The highest BCUT2D eigenvalue weighted by Gasteiger charge is 2.37. The molecule has 5 rings (SSSR count). The summed E-state index contributed by atoms with van der Waals surface area (Å²) in [6, 6.07) is 15.8. The topological polar surface area (TPSA) is 141 Å². The summed E-state index contributed by atoms with van der Waals surface area (Å²) >= 11 is 13.5. The maximum atomic E-state index is 14.5. The monoisotopic (exact) mass is 691 g/mol. The van der Waals surface area contributed by atoms with Crippen molar-refractivity contribution in [1.82, 2.24) is 15.3 Å². The fraction of sp³-hybridized carbons (Fsp3) is 0.235. The van der Waals surface area contributed by atoms with E-state index in [1.165, 1.54) is 30.1 Å². The van der Waals surface area contributed by atoms with Crippen molar-refractivity contribution in [2.45, 2.75) is 39.2 Å². The molecule has 1 aliphatic heterocycles. The largest absolute Gasteiger partial charge is 0.495 e. The van der Waals surface area contributed by atoms with Gasteiger partial charge in [-0.25, -0.2) is 9.78 Å². The van der Waals surface area contributed by atoms with Crippen LogP contribution in [0.5, 0.6) is 11.5 Å². The zero-order valence-corrected chi connectivity index (χ0v) is 28.1. The van der Waals surface area contributed by atoms with Gasteiger partial charge in [-0.05, 0) is 35.4 Å². The van der Waals surface area contributed by atoms with Crippen molar-refractivity contribution in [2.75, 3.05) is 34.7 Å². The summed E-state index contributed by atoms with van der Waals surface area (Å²) in [6.07, 6.45) is 2.48. The van der Waals surface area contributed by atoms with Gasteiger partial charge in [0.15, 0.2) is 0 Å². The number of nitrogens with one attached hydrogen (secondary N) is 3. The zero-order valence-electron chi connectivity index (χ0n) is 26.6. The molecule has 3 amide bonds. The maximum absolute atomic E-state index is 14.5. The third kappa shape index (κ3) is 7.47. The lowest BCUT2D eigenvalue weighted by Crippen LogP contribution is -2.48. The number of aliphatic hydroxyl groups excluding tert-OH is 1. The third-order valence-electron chi connectivity index (χ3n) is 7.57. The van der Waals surface area contributed by atoms with Crippen molar-refractivity contribution < 1.29 is 24.2 Å². The number of carbonyl (C=O) groups excluding carboxylic acids is 2. The number of para-hydroxylation sites is 1. The Morgan fingerprint density at radius 3 is 2.52 bits per heavy atom. The number of aliphatic hydroxyl groups is 1. The lowest BCUT2D eigenvalue weighted by atomic mass is 10.1. The van der Waals surface area contributed by atoms with Gasteiger partial charge in [0.1, 0.15) is 33.6 Å². The van der Waals surface area contributed by atoms with E-state index >= 15 is 0 Å². The standard InChI is InChI=1S/C34H35Cl2N7O5/c1-5-27(44)37-16-21-11-7-8-13-24(21)40-33-38-17-22-19-42(31-29(35)25(47-3)15-26(48-4)30(31)36)34(46)43(32(22)41-33)18-20-10-9-12-23(14-20)39-28(45)6-2/h5,7-15,17,27,37,44H,1,6,16,18-19H2,2-4H3,(H,39,45)(H,38,40,41). The van der Waals surface area contributed by atoms with Crippen LogP contribution in [0.25, 0.3) is 0 Å². The Labute approximate surface area is 288 Å². The Morgan fingerprint density at radius 1 is 1.10 bits per heavy atom. The summed E-state index contributed by atoms with van der Waals surface area (Å²) in [5, 5.41) is 19.2. The Balaban J connectivity index is 1.56. The number of hydrogen-bond donors (Lipinski definition) is 4. The number of aromatic nitrogens is 2. The minimum absolute atomic E-state index is 0.0489. The minimum Gasteiger partial charge on any atom is -0.495 e. The Kier molecular flexibility index (Phi) is 11.0. The molecule has 0 saturated heterocycles. The van der Waals surface area contributed by atoms with Crippen LogP contribution in [-0.4, -0.2) is 47.5 Å². The second kappa shape index (κ2) is 15.3.